The van der Waals surface area contributed by atoms with E-state index in [2.05, 4.69) is 16.0 Å². The van der Waals surface area contributed by atoms with Gasteiger partial charge in [-0.15, -0.1) is 11.3 Å². The highest BCUT2D eigenvalue weighted by Crippen LogP contribution is 2.36. The number of rotatable bonds is 3. The predicted octanol–water partition coefficient (Wildman–Crippen LogP) is 4.04. The van der Waals surface area contributed by atoms with Crippen LogP contribution in [-0.4, -0.2) is 23.2 Å². The maximum absolute atomic E-state index is 9.59. The van der Waals surface area contributed by atoms with Crippen LogP contribution in [0.25, 0.3) is 23.0 Å². The Balaban J connectivity index is 1.71. The largest absolute Gasteiger partial charge is 0.486 e. The summed E-state index contributed by atoms with van der Waals surface area (Å²) in [6.45, 7) is 1.03. The van der Waals surface area contributed by atoms with E-state index in [1.807, 2.05) is 41.8 Å². The normalized spacial score (nSPS) is 13.3. The molecule has 0 N–H and O–H groups in total. The highest BCUT2D eigenvalue weighted by Gasteiger charge is 2.16. The van der Waals surface area contributed by atoms with Crippen molar-refractivity contribution in [3.05, 3.63) is 58.5 Å². The molecule has 6 heteroatoms. The molecule has 0 amide bonds. The molecule has 25 heavy (non-hydrogen) atoms. The molecule has 0 fully saturated rings. The lowest BCUT2D eigenvalue weighted by Crippen LogP contribution is -2.15. The number of para-hydroxylation sites is 1. The minimum absolute atomic E-state index is 0.481. The molecule has 1 aromatic carbocycles. The summed E-state index contributed by atoms with van der Waals surface area (Å²) in [5, 5.41) is 12.1. The van der Waals surface area contributed by atoms with Crippen LogP contribution in [0.1, 0.15) is 10.6 Å². The molecular weight excluding hydrogens is 334 g/mol. The van der Waals surface area contributed by atoms with E-state index in [1.165, 1.54) is 11.3 Å². The van der Waals surface area contributed by atoms with Crippen LogP contribution >= 0.6 is 11.3 Å². The van der Waals surface area contributed by atoms with E-state index in [4.69, 9.17) is 9.47 Å². The number of hydrogen-bond acceptors (Lipinski definition) is 6. The number of thiazole rings is 1. The summed E-state index contributed by atoms with van der Waals surface area (Å²) in [7, 11) is 0. The first-order valence-corrected chi connectivity index (χ1v) is 8.61. The van der Waals surface area contributed by atoms with Crippen LogP contribution in [0.15, 0.2) is 48.0 Å². The Bertz CT molecular complexity index is 974. The fraction of sp³-hybridized carbons (Fsp3) is 0.105. The smallest absolute Gasteiger partial charge is 0.168 e. The molecular formula is C19H13N3O2S. The molecule has 0 saturated heterocycles. The Hall–Kier alpha value is -3.17. The van der Waals surface area contributed by atoms with Gasteiger partial charge in [0.2, 0.25) is 0 Å². The summed E-state index contributed by atoms with van der Waals surface area (Å²) in [5.74, 6) is 1.37. The van der Waals surface area contributed by atoms with E-state index in [9.17, 15) is 5.26 Å². The number of fused-ring (bicyclic) bond motifs is 1. The maximum atomic E-state index is 9.59. The topological polar surface area (TPSA) is 68.0 Å². The number of nitriles is 1. The molecule has 0 saturated carbocycles. The number of pyridine rings is 1. The van der Waals surface area contributed by atoms with Gasteiger partial charge < -0.3 is 9.47 Å². The number of hydrogen-bond donors (Lipinski definition) is 0. The van der Waals surface area contributed by atoms with E-state index in [0.29, 0.717) is 35.3 Å². The molecule has 0 bridgehead atoms. The van der Waals surface area contributed by atoms with Crippen molar-refractivity contribution in [2.24, 2.45) is 0 Å². The lowest BCUT2D eigenvalue weighted by Gasteiger charge is -2.19. The SMILES string of the molecule is N#C/C(=C/c1cccc2c1OCCO2)c1nc(-c2ccccn2)cs1. The van der Waals surface area contributed by atoms with Gasteiger partial charge in [-0.25, -0.2) is 4.98 Å². The molecule has 0 atom stereocenters. The minimum Gasteiger partial charge on any atom is -0.486 e. The van der Waals surface area contributed by atoms with E-state index in [-0.39, 0.29) is 0 Å². The number of ether oxygens (including phenoxy) is 2. The second-order valence-electron chi connectivity index (χ2n) is 5.29. The Morgan fingerprint density at radius 1 is 1.12 bits per heavy atom. The molecule has 0 aliphatic carbocycles. The quantitative estimate of drug-likeness (QED) is 0.669. The van der Waals surface area contributed by atoms with Crippen molar-refractivity contribution in [2.75, 3.05) is 13.2 Å². The van der Waals surface area contributed by atoms with Crippen LogP contribution < -0.4 is 9.47 Å². The molecule has 1 aliphatic rings. The Morgan fingerprint density at radius 3 is 2.88 bits per heavy atom. The zero-order valence-corrected chi connectivity index (χ0v) is 14.0. The van der Waals surface area contributed by atoms with Gasteiger partial charge >= 0.3 is 0 Å². The number of nitrogens with zero attached hydrogens (tertiary/aromatic N) is 3. The molecule has 3 heterocycles. The minimum atomic E-state index is 0.481. The molecule has 0 radical (unpaired) electrons. The average molecular weight is 347 g/mol. The third-order valence-electron chi connectivity index (χ3n) is 3.68. The van der Waals surface area contributed by atoms with E-state index < -0.39 is 0 Å². The molecule has 1 aliphatic heterocycles. The molecule has 4 rings (SSSR count). The van der Waals surface area contributed by atoms with Crippen molar-refractivity contribution in [2.45, 2.75) is 0 Å². The molecule has 5 nitrogen and oxygen atoms in total. The maximum Gasteiger partial charge on any atom is 0.168 e. The van der Waals surface area contributed by atoms with Gasteiger partial charge in [0, 0.05) is 17.1 Å². The second-order valence-corrected chi connectivity index (χ2v) is 6.15. The predicted molar refractivity (Wildman–Crippen MR) is 96.3 cm³/mol. The van der Waals surface area contributed by atoms with Crippen molar-refractivity contribution in [1.82, 2.24) is 9.97 Å². The van der Waals surface area contributed by atoms with Crippen molar-refractivity contribution in [3.8, 4) is 29.0 Å². The van der Waals surface area contributed by atoms with Crippen LogP contribution in [0.3, 0.4) is 0 Å². The van der Waals surface area contributed by atoms with Crippen LogP contribution in [0.4, 0.5) is 0 Å². The van der Waals surface area contributed by atoms with Gasteiger partial charge in [0.1, 0.15) is 30.0 Å². The third kappa shape index (κ3) is 3.10. The van der Waals surface area contributed by atoms with Crippen molar-refractivity contribution in [1.29, 1.82) is 5.26 Å². The van der Waals surface area contributed by atoms with Crippen molar-refractivity contribution < 1.29 is 9.47 Å². The molecule has 122 valence electrons. The lowest BCUT2D eigenvalue weighted by atomic mass is 10.1. The Labute approximate surface area is 148 Å². The Kier molecular flexibility index (Phi) is 4.15. The van der Waals surface area contributed by atoms with Gasteiger partial charge in [-0.3, -0.25) is 4.98 Å². The summed E-state index contributed by atoms with van der Waals surface area (Å²) < 4.78 is 11.3. The first kappa shape index (κ1) is 15.4. The third-order valence-corrected chi connectivity index (χ3v) is 4.55. The summed E-state index contributed by atoms with van der Waals surface area (Å²) in [5.41, 5.74) is 2.84. The van der Waals surface area contributed by atoms with E-state index >= 15 is 0 Å². The number of allylic oxidation sites excluding steroid dienone is 1. The fourth-order valence-electron chi connectivity index (χ4n) is 2.54. The molecule has 2 aromatic heterocycles. The van der Waals surface area contributed by atoms with Gasteiger partial charge in [0.25, 0.3) is 0 Å². The van der Waals surface area contributed by atoms with Crippen molar-refractivity contribution >= 4 is 23.0 Å². The standard InChI is InChI=1S/C19H13N3O2S/c20-11-14(10-13-4-3-6-17-18(13)24-9-8-23-17)19-22-16(12-25-19)15-5-1-2-7-21-15/h1-7,10,12H,8-9H2/b14-10-. The second kappa shape index (κ2) is 6.75. The van der Waals surface area contributed by atoms with E-state index in [0.717, 1.165) is 17.0 Å². The first-order valence-electron chi connectivity index (χ1n) is 7.73. The van der Waals surface area contributed by atoms with Gasteiger partial charge in [0.05, 0.1) is 11.3 Å². The van der Waals surface area contributed by atoms with Gasteiger partial charge in [-0.1, -0.05) is 18.2 Å². The van der Waals surface area contributed by atoms with Crippen LogP contribution in [-0.2, 0) is 0 Å². The first-order chi connectivity index (χ1) is 12.3. The monoisotopic (exact) mass is 347 g/mol. The zero-order valence-electron chi connectivity index (χ0n) is 13.2. The highest BCUT2D eigenvalue weighted by molar-refractivity contribution is 7.11. The summed E-state index contributed by atoms with van der Waals surface area (Å²) in [6.07, 6.45) is 3.51. The molecule has 3 aromatic rings. The van der Waals surface area contributed by atoms with Crippen molar-refractivity contribution in [3.63, 3.8) is 0 Å². The van der Waals surface area contributed by atoms with Crippen LogP contribution in [0, 0.1) is 11.3 Å². The van der Waals surface area contributed by atoms with Gasteiger partial charge in [0.15, 0.2) is 11.5 Å². The molecule has 0 unspecified atom stereocenters. The van der Waals surface area contributed by atoms with Gasteiger partial charge in [-0.05, 0) is 24.3 Å². The van der Waals surface area contributed by atoms with E-state index in [1.54, 1.807) is 12.3 Å². The fourth-order valence-corrected chi connectivity index (χ4v) is 3.32. The zero-order chi connectivity index (χ0) is 17.1. The summed E-state index contributed by atoms with van der Waals surface area (Å²) in [4.78, 5) is 8.85. The van der Waals surface area contributed by atoms with Crippen LogP contribution in [0.2, 0.25) is 0 Å². The summed E-state index contributed by atoms with van der Waals surface area (Å²) >= 11 is 1.42. The molecule has 0 spiro atoms. The highest BCUT2D eigenvalue weighted by atomic mass is 32.1. The summed E-state index contributed by atoms with van der Waals surface area (Å²) in [6, 6.07) is 13.5. The lowest BCUT2D eigenvalue weighted by molar-refractivity contribution is 0.171. The average Bonchev–Trinajstić information content (AvgIpc) is 3.17. The van der Waals surface area contributed by atoms with Gasteiger partial charge in [-0.2, -0.15) is 5.26 Å². The van der Waals surface area contributed by atoms with Crippen LogP contribution in [0.5, 0.6) is 11.5 Å². The number of aromatic nitrogens is 2. The Morgan fingerprint density at radius 2 is 2.04 bits per heavy atom. The number of benzene rings is 1.